The molecule has 0 spiro atoms. The molecule has 0 saturated heterocycles. The van der Waals surface area contributed by atoms with Gasteiger partial charge in [-0.15, -0.1) is 0 Å². The van der Waals surface area contributed by atoms with E-state index in [1.165, 1.54) is 18.2 Å². The van der Waals surface area contributed by atoms with Crippen molar-refractivity contribution in [2.24, 2.45) is 0 Å². The maximum atomic E-state index is 12.6. The number of ether oxygens (including phenoxy) is 1. The number of halogens is 3. The molecule has 0 aliphatic heterocycles. The molecule has 0 aliphatic rings. The number of carbonyl (C=O) groups is 2. The van der Waals surface area contributed by atoms with E-state index in [4.69, 9.17) is 4.74 Å². The third-order valence-electron chi connectivity index (χ3n) is 3.80. The number of aryl methyl sites for hydroxylation is 2. The fraction of sp³-hybridized carbons (Fsp3) is 0.200. The predicted octanol–water partition coefficient (Wildman–Crippen LogP) is 4.76. The number of rotatable bonds is 5. The lowest BCUT2D eigenvalue weighted by Gasteiger charge is -2.06. The van der Waals surface area contributed by atoms with Crippen LogP contribution in [0.3, 0.4) is 0 Å². The summed E-state index contributed by atoms with van der Waals surface area (Å²) in [6.07, 6.45) is -2.26. The van der Waals surface area contributed by atoms with Gasteiger partial charge in [0.15, 0.2) is 12.4 Å². The lowest BCUT2D eigenvalue weighted by atomic mass is 10.0. The molecule has 0 aromatic heterocycles. The van der Waals surface area contributed by atoms with Crippen molar-refractivity contribution in [1.82, 2.24) is 0 Å². The number of ketones is 1. The highest BCUT2D eigenvalue weighted by molar-refractivity contribution is 5.99. The van der Waals surface area contributed by atoms with Crippen molar-refractivity contribution in [2.75, 3.05) is 6.61 Å². The van der Waals surface area contributed by atoms with Gasteiger partial charge in [0.1, 0.15) is 0 Å². The van der Waals surface area contributed by atoms with E-state index in [2.05, 4.69) is 0 Å². The molecule has 0 fully saturated rings. The van der Waals surface area contributed by atoms with Crippen molar-refractivity contribution in [1.29, 1.82) is 0 Å². The summed E-state index contributed by atoms with van der Waals surface area (Å²) >= 11 is 0. The van der Waals surface area contributed by atoms with Crippen LogP contribution >= 0.6 is 0 Å². The van der Waals surface area contributed by atoms with E-state index in [-0.39, 0.29) is 11.3 Å². The topological polar surface area (TPSA) is 43.4 Å². The standard InChI is InChI=1S/C20H17F3O3/c1-13-6-8-16(10-14(13)2)18(24)12-26-19(25)9-7-15-4-3-5-17(11-15)20(21,22)23/h3-11H,12H2,1-2H3. The van der Waals surface area contributed by atoms with Crippen LogP contribution in [0.4, 0.5) is 13.2 Å². The molecule has 0 N–H and O–H groups in total. The van der Waals surface area contributed by atoms with E-state index in [1.54, 1.807) is 18.2 Å². The van der Waals surface area contributed by atoms with Crippen LogP contribution in [0, 0.1) is 13.8 Å². The zero-order valence-electron chi connectivity index (χ0n) is 14.3. The van der Waals surface area contributed by atoms with E-state index in [0.29, 0.717) is 5.56 Å². The normalized spacial score (nSPS) is 11.6. The Hall–Kier alpha value is -2.89. The second-order valence-electron chi connectivity index (χ2n) is 5.79. The molecule has 0 unspecified atom stereocenters. The Bertz CT molecular complexity index is 852. The molecule has 2 aromatic rings. The molecule has 0 bridgehead atoms. The molecule has 0 amide bonds. The van der Waals surface area contributed by atoms with Gasteiger partial charge in [0.2, 0.25) is 0 Å². The summed E-state index contributed by atoms with van der Waals surface area (Å²) in [6, 6.07) is 9.71. The molecule has 2 aromatic carbocycles. The van der Waals surface area contributed by atoms with Crippen LogP contribution in [0.1, 0.15) is 32.6 Å². The Morgan fingerprint density at radius 3 is 2.42 bits per heavy atom. The van der Waals surface area contributed by atoms with Crippen molar-refractivity contribution < 1.29 is 27.5 Å². The zero-order chi connectivity index (χ0) is 19.3. The third-order valence-corrected chi connectivity index (χ3v) is 3.80. The van der Waals surface area contributed by atoms with Gasteiger partial charge in [-0.3, -0.25) is 4.79 Å². The number of Topliss-reactive ketones (excluding diaryl/α,β-unsaturated/α-hetero) is 1. The molecular formula is C20H17F3O3. The van der Waals surface area contributed by atoms with E-state index in [9.17, 15) is 22.8 Å². The van der Waals surface area contributed by atoms with Gasteiger partial charge in [-0.25, -0.2) is 4.79 Å². The molecule has 0 radical (unpaired) electrons. The third kappa shape index (κ3) is 5.31. The first-order valence-corrected chi connectivity index (χ1v) is 7.79. The first-order chi connectivity index (χ1) is 12.2. The van der Waals surface area contributed by atoms with Gasteiger partial charge in [0.05, 0.1) is 5.56 Å². The van der Waals surface area contributed by atoms with Crippen molar-refractivity contribution in [3.05, 3.63) is 76.4 Å². The van der Waals surface area contributed by atoms with Gasteiger partial charge in [-0.05, 0) is 54.8 Å². The van der Waals surface area contributed by atoms with Crippen molar-refractivity contribution in [3.8, 4) is 0 Å². The maximum absolute atomic E-state index is 12.6. The minimum Gasteiger partial charge on any atom is -0.454 e. The van der Waals surface area contributed by atoms with Crippen LogP contribution in [0.2, 0.25) is 0 Å². The number of benzene rings is 2. The molecule has 3 nitrogen and oxygen atoms in total. The van der Waals surface area contributed by atoms with E-state index in [0.717, 1.165) is 29.3 Å². The van der Waals surface area contributed by atoms with Crippen molar-refractivity contribution in [2.45, 2.75) is 20.0 Å². The van der Waals surface area contributed by atoms with Crippen LogP contribution < -0.4 is 0 Å². The quantitative estimate of drug-likeness (QED) is 0.437. The summed E-state index contributed by atoms with van der Waals surface area (Å²) in [5.74, 6) is -1.16. The fourth-order valence-corrected chi connectivity index (χ4v) is 2.17. The van der Waals surface area contributed by atoms with E-state index >= 15 is 0 Å². The number of hydrogen-bond acceptors (Lipinski definition) is 3. The Morgan fingerprint density at radius 1 is 1.04 bits per heavy atom. The number of esters is 1. The van der Waals surface area contributed by atoms with Gasteiger partial charge in [-0.2, -0.15) is 13.2 Å². The first-order valence-electron chi connectivity index (χ1n) is 7.79. The lowest BCUT2D eigenvalue weighted by molar-refractivity contribution is -0.138. The molecular weight excluding hydrogens is 345 g/mol. The predicted molar refractivity (Wildman–Crippen MR) is 91.7 cm³/mol. The van der Waals surface area contributed by atoms with Crippen molar-refractivity contribution in [3.63, 3.8) is 0 Å². The smallest absolute Gasteiger partial charge is 0.416 e. The van der Waals surface area contributed by atoms with Gasteiger partial charge in [-0.1, -0.05) is 24.3 Å². The average molecular weight is 362 g/mol. The minimum atomic E-state index is -4.46. The molecule has 26 heavy (non-hydrogen) atoms. The van der Waals surface area contributed by atoms with Crippen LogP contribution in [0.5, 0.6) is 0 Å². The Labute approximate surface area is 149 Å². The van der Waals surface area contributed by atoms with Gasteiger partial charge >= 0.3 is 12.1 Å². The molecule has 6 heteroatoms. The van der Waals surface area contributed by atoms with Crippen LogP contribution in [0.15, 0.2) is 48.5 Å². The lowest BCUT2D eigenvalue weighted by Crippen LogP contribution is -2.12. The number of alkyl halides is 3. The molecule has 0 saturated carbocycles. The Kier molecular flexibility index (Phi) is 5.97. The maximum Gasteiger partial charge on any atom is 0.416 e. The highest BCUT2D eigenvalue weighted by atomic mass is 19.4. The molecule has 0 heterocycles. The monoisotopic (exact) mass is 362 g/mol. The zero-order valence-corrected chi connectivity index (χ0v) is 14.3. The largest absolute Gasteiger partial charge is 0.454 e. The van der Waals surface area contributed by atoms with Crippen LogP contribution in [0.25, 0.3) is 6.08 Å². The highest BCUT2D eigenvalue weighted by Crippen LogP contribution is 2.29. The van der Waals surface area contributed by atoms with Crippen LogP contribution in [-0.2, 0) is 15.7 Å². The van der Waals surface area contributed by atoms with E-state index < -0.39 is 24.3 Å². The number of carbonyl (C=O) groups excluding carboxylic acids is 2. The van der Waals surface area contributed by atoms with Crippen LogP contribution in [-0.4, -0.2) is 18.4 Å². The fourth-order valence-electron chi connectivity index (χ4n) is 2.17. The van der Waals surface area contributed by atoms with Crippen molar-refractivity contribution >= 4 is 17.8 Å². The molecule has 0 aliphatic carbocycles. The second kappa shape index (κ2) is 7.99. The summed E-state index contributed by atoms with van der Waals surface area (Å²) in [5.41, 5.74) is 1.83. The summed E-state index contributed by atoms with van der Waals surface area (Å²) in [4.78, 5) is 23.7. The number of hydrogen-bond donors (Lipinski definition) is 0. The highest BCUT2D eigenvalue weighted by Gasteiger charge is 2.30. The summed E-state index contributed by atoms with van der Waals surface area (Å²) in [7, 11) is 0. The van der Waals surface area contributed by atoms with E-state index in [1.807, 2.05) is 13.8 Å². The molecule has 2 rings (SSSR count). The molecule has 0 atom stereocenters. The first kappa shape index (κ1) is 19.4. The summed E-state index contributed by atoms with van der Waals surface area (Å²) < 4.78 is 42.8. The Balaban J connectivity index is 1.95. The average Bonchev–Trinajstić information content (AvgIpc) is 2.59. The second-order valence-corrected chi connectivity index (χ2v) is 5.79. The van der Waals surface area contributed by atoms with Gasteiger partial charge in [0.25, 0.3) is 0 Å². The summed E-state index contributed by atoms with van der Waals surface area (Å²) in [5, 5.41) is 0. The molecule has 136 valence electrons. The van der Waals surface area contributed by atoms with Gasteiger partial charge < -0.3 is 4.74 Å². The Morgan fingerprint density at radius 2 is 1.77 bits per heavy atom. The minimum absolute atomic E-state index is 0.206. The van der Waals surface area contributed by atoms with Gasteiger partial charge in [0, 0.05) is 11.6 Å². The SMILES string of the molecule is Cc1ccc(C(=O)COC(=O)C=Cc2cccc(C(F)(F)F)c2)cc1C. The summed E-state index contributed by atoms with van der Waals surface area (Å²) in [6.45, 7) is 3.35.